The van der Waals surface area contributed by atoms with Gasteiger partial charge < -0.3 is 29.2 Å². The first-order valence-corrected chi connectivity index (χ1v) is 7.58. The Labute approximate surface area is 142 Å². The van der Waals surface area contributed by atoms with E-state index in [1.807, 2.05) is 29.9 Å². The van der Waals surface area contributed by atoms with Crippen molar-refractivity contribution < 1.29 is 18.8 Å². The molecule has 0 fully saturated rings. The highest BCUT2D eigenvalue weighted by Crippen LogP contribution is 2.34. The number of anilines is 1. The molecule has 1 aromatic carbocycles. The molecule has 0 bridgehead atoms. The lowest BCUT2D eigenvalue weighted by atomic mass is 10.3. The number of aromatic nitrogens is 3. The van der Waals surface area contributed by atoms with Crippen LogP contribution in [0.25, 0.3) is 11.5 Å². The SMILES string of the molecule is Cn1cccc1-c1noc(CNC(=O)Nc2ccc3c(c2)OCO3)n1. The predicted octanol–water partition coefficient (Wildman–Crippen LogP) is 2.13. The average Bonchev–Trinajstić information content (AvgIpc) is 3.32. The van der Waals surface area contributed by atoms with Crippen LogP contribution in [0.1, 0.15) is 5.89 Å². The van der Waals surface area contributed by atoms with Gasteiger partial charge in [-0.15, -0.1) is 0 Å². The van der Waals surface area contributed by atoms with Gasteiger partial charge in [0, 0.05) is 25.0 Å². The Hall–Kier alpha value is -3.49. The molecule has 9 nitrogen and oxygen atoms in total. The molecule has 0 aliphatic carbocycles. The maximum absolute atomic E-state index is 12.0. The third-order valence-electron chi connectivity index (χ3n) is 3.67. The van der Waals surface area contributed by atoms with Gasteiger partial charge in [0.1, 0.15) is 0 Å². The monoisotopic (exact) mass is 341 g/mol. The molecule has 3 heterocycles. The maximum Gasteiger partial charge on any atom is 0.319 e. The molecule has 0 atom stereocenters. The van der Waals surface area contributed by atoms with Crippen molar-refractivity contribution in [3.8, 4) is 23.0 Å². The van der Waals surface area contributed by atoms with Gasteiger partial charge in [-0.25, -0.2) is 4.79 Å². The molecule has 9 heteroatoms. The van der Waals surface area contributed by atoms with Gasteiger partial charge in [0.2, 0.25) is 18.5 Å². The van der Waals surface area contributed by atoms with Crippen LogP contribution >= 0.6 is 0 Å². The van der Waals surface area contributed by atoms with Crippen LogP contribution in [0.4, 0.5) is 10.5 Å². The number of hydrogen-bond acceptors (Lipinski definition) is 6. The van der Waals surface area contributed by atoms with E-state index in [0.717, 1.165) is 5.69 Å². The Morgan fingerprint density at radius 3 is 3.00 bits per heavy atom. The second-order valence-electron chi connectivity index (χ2n) is 5.39. The zero-order chi connectivity index (χ0) is 17.2. The number of fused-ring (bicyclic) bond motifs is 1. The first kappa shape index (κ1) is 15.1. The van der Waals surface area contributed by atoms with Crippen molar-refractivity contribution in [2.24, 2.45) is 7.05 Å². The van der Waals surface area contributed by atoms with Crippen molar-refractivity contribution in [3.05, 3.63) is 42.4 Å². The second kappa shape index (κ2) is 6.19. The number of amides is 2. The summed E-state index contributed by atoms with van der Waals surface area (Å²) in [6.45, 7) is 0.305. The molecule has 1 aliphatic rings. The van der Waals surface area contributed by atoms with Crippen molar-refractivity contribution in [3.63, 3.8) is 0 Å². The van der Waals surface area contributed by atoms with Gasteiger partial charge in [-0.05, 0) is 24.3 Å². The van der Waals surface area contributed by atoms with Crippen molar-refractivity contribution in [1.29, 1.82) is 0 Å². The summed E-state index contributed by atoms with van der Waals surface area (Å²) in [5.41, 5.74) is 1.43. The molecule has 0 radical (unpaired) electrons. The lowest BCUT2D eigenvalue weighted by Crippen LogP contribution is -2.28. The smallest absolute Gasteiger partial charge is 0.319 e. The lowest BCUT2D eigenvalue weighted by Gasteiger charge is -2.06. The van der Waals surface area contributed by atoms with E-state index in [-0.39, 0.29) is 13.3 Å². The fraction of sp³-hybridized carbons (Fsp3) is 0.188. The Bertz CT molecular complexity index is 917. The van der Waals surface area contributed by atoms with E-state index in [4.69, 9.17) is 14.0 Å². The number of benzene rings is 1. The highest BCUT2D eigenvalue weighted by Gasteiger charge is 2.15. The molecule has 2 aromatic heterocycles. The number of ether oxygens (including phenoxy) is 2. The summed E-state index contributed by atoms with van der Waals surface area (Å²) in [5.74, 6) is 2.05. The molecular formula is C16H15N5O4. The molecule has 128 valence electrons. The number of urea groups is 1. The number of nitrogens with zero attached hydrogens (tertiary/aromatic N) is 3. The topological polar surface area (TPSA) is 103 Å². The Morgan fingerprint density at radius 1 is 1.28 bits per heavy atom. The molecular weight excluding hydrogens is 326 g/mol. The summed E-state index contributed by atoms with van der Waals surface area (Å²) < 4.78 is 17.5. The third kappa shape index (κ3) is 3.11. The number of carbonyl (C=O) groups is 1. The molecule has 0 spiro atoms. The van der Waals surface area contributed by atoms with Gasteiger partial charge in [0.15, 0.2) is 11.5 Å². The Kier molecular flexibility index (Phi) is 3.73. The number of rotatable bonds is 4. The number of carbonyl (C=O) groups excluding carboxylic acids is 1. The Morgan fingerprint density at radius 2 is 2.16 bits per heavy atom. The van der Waals surface area contributed by atoms with Crippen LogP contribution in [0.2, 0.25) is 0 Å². The zero-order valence-electron chi connectivity index (χ0n) is 13.4. The minimum atomic E-state index is -0.391. The molecule has 0 saturated heterocycles. The van der Waals surface area contributed by atoms with Gasteiger partial charge >= 0.3 is 6.03 Å². The largest absolute Gasteiger partial charge is 0.454 e. The molecule has 2 amide bonds. The van der Waals surface area contributed by atoms with Crippen LogP contribution < -0.4 is 20.1 Å². The minimum absolute atomic E-state index is 0.119. The van der Waals surface area contributed by atoms with Crippen LogP contribution in [-0.2, 0) is 13.6 Å². The van der Waals surface area contributed by atoms with E-state index < -0.39 is 6.03 Å². The van der Waals surface area contributed by atoms with E-state index in [1.54, 1.807) is 18.2 Å². The normalized spacial score (nSPS) is 12.2. The van der Waals surface area contributed by atoms with E-state index in [9.17, 15) is 4.79 Å². The molecule has 1 aliphatic heterocycles. The molecule has 0 saturated carbocycles. The molecule has 3 aromatic rings. The van der Waals surface area contributed by atoms with E-state index in [1.165, 1.54) is 0 Å². The zero-order valence-corrected chi connectivity index (χ0v) is 13.4. The summed E-state index contributed by atoms with van der Waals surface area (Å²) >= 11 is 0. The van der Waals surface area contributed by atoms with Crippen LogP contribution in [0.3, 0.4) is 0 Å². The van der Waals surface area contributed by atoms with Crippen molar-refractivity contribution in [2.45, 2.75) is 6.54 Å². The number of nitrogens with one attached hydrogen (secondary N) is 2. The van der Waals surface area contributed by atoms with Crippen LogP contribution in [-0.4, -0.2) is 27.5 Å². The van der Waals surface area contributed by atoms with Crippen LogP contribution in [0.15, 0.2) is 41.1 Å². The molecule has 4 rings (SSSR count). The minimum Gasteiger partial charge on any atom is -0.454 e. The van der Waals surface area contributed by atoms with Gasteiger partial charge in [0.25, 0.3) is 0 Å². The Balaban J connectivity index is 1.35. The second-order valence-corrected chi connectivity index (χ2v) is 5.39. The van der Waals surface area contributed by atoms with Crippen molar-refractivity contribution >= 4 is 11.7 Å². The summed E-state index contributed by atoms with van der Waals surface area (Å²) in [4.78, 5) is 16.2. The first-order valence-electron chi connectivity index (χ1n) is 7.58. The highest BCUT2D eigenvalue weighted by atomic mass is 16.7. The molecule has 0 unspecified atom stereocenters. The summed E-state index contributed by atoms with van der Waals surface area (Å²) in [6, 6.07) is 8.55. The van der Waals surface area contributed by atoms with E-state index in [0.29, 0.717) is 28.9 Å². The van der Waals surface area contributed by atoms with Gasteiger partial charge in [0.05, 0.1) is 12.2 Å². The van der Waals surface area contributed by atoms with Gasteiger partial charge in [-0.2, -0.15) is 4.98 Å². The lowest BCUT2D eigenvalue weighted by molar-refractivity contribution is 0.174. The molecule has 2 N–H and O–H groups in total. The fourth-order valence-electron chi connectivity index (χ4n) is 2.43. The van der Waals surface area contributed by atoms with Crippen LogP contribution in [0.5, 0.6) is 11.5 Å². The first-order chi connectivity index (χ1) is 12.2. The summed E-state index contributed by atoms with van der Waals surface area (Å²) in [5, 5.41) is 9.28. The van der Waals surface area contributed by atoms with E-state index >= 15 is 0 Å². The predicted molar refractivity (Wildman–Crippen MR) is 87.1 cm³/mol. The fourth-order valence-corrected chi connectivity index (χ4v) is 2.43. The average molecular weight is 341 g/mol. The van der Waals surface area contributed by atoms with Crippen molar-refractivity contribution in [2.75, 3.05) is 12.1 Å². The van der Waals surface area contributed by atoms with E-state index in [2.05, 4.69) is 20.8 Å². The van der Waals surface area contributed by atoms with Crippen molar-refractivity contribution in [1.82, 2.24) is 20.0 Å². The quantitative estimate of drug-likeness (QED) is 0.753. The number of aryl methyl sites for hydroxylation is 1. The third-order valence-corrected chi connectivity index (χ3v) is 3.67. The molecule has 25 heavy (non-hydrogen) atoms. The maximum atomic E-state index is 12.0. The summed E-state index contributed by atoms with van der Waals surface area (Å²) in [7, 11) is 1.89. The standard InChI is InChI=1S/C16H15N5O4/c1-21-6-2-3-11(21)15-19-14(25-20-15)8-17-16(22)18-10-4-5-12-13(7-10)24-9-23-12/h2-7H,8-9H2,1H3,(H2,17,18,22). The van der Waals surface area contributed by atoms with Gasteiger partial charge in [-0.1, -0.05) is 5.16 Å². The van der Waals surface area contributed by atoms with Crippen LogP contribution in [0, 0.1) is 0 Å². The summed E-state index contributed by atoms with van der Waals surface area (Å²) in [6.07, 6.45) is 1.89. The van der Waals surface area contributed by atoms with Gasteiger partial charge in [-0.3, -0.25) is 0 Å². The highest BCUT2D eigenvalue weighted by molar-refractivity contribution is 5.89. The number of hydrogen-bond donors (Lipinski definition) is 2.